The summed E-state index contributed by atoms with van der Waals surface area (Å²) in [7, 11) is 0. The highest BCUT2D eigenvalue weighted by atomic mass is 35.5. The maximum atomic E-state index is 12.9. The van der Waals surface area contributed by atoms with Gasteiger partial charge in [0.15, 0.2) is 0 Å². The van der Waals surface area contributed by atoms with E-state index in [-0.39, 0.29) is 27.7 Å². The quantitative estimate of drug-likeness (QED) is 0.491. The van der Waals surface area contributed by atoms with E-state index in [4.69, 9.17) is 11.6 Å². The van der Waals surface area contributed by atoms with Gasteiger partial charge < -0.3 is 0 Å². The molecular weight excluding hydrogens is 426 g/mol. The molecule has 0 bridgehead atoms. The van der Waals surface area contributed by atoms with Crippen LogP contribution in [0.15, 0.2) is 47.8 Å². The van der Waals surface area contributed by atoms with Gasteiger partial charge >= 0.3 is 0 Å². The lowest BCUT2D eigenvalue weighted by atomic mass is 10.1. The van der Waals surface area contributed by atoms with E-state index in [2.05, 4.69) is 15.4 Å². The summed E-state index contributed by atoms with van der Waals surface area (Å²) in [5.74, 6) is -1.34. The molecule has 3 heterocycles. The van der Waals surface area contributed by atoms with Crippen molar-refractivity contribution in [2.75, 3.05) is 10.2 Å². The molecule has 0 spiro atoms. The summed E-state index contributed by atoms with van der Waals surface area (Å²) in [6.07, 6.45) is 0. The number of aryl methyl sites for hydroxylation is 1. The molecule has 1 aliphatic heterocycles. The van der Waals surface area contributed by atoms with Gasteiger partial charge in [-0.15, -0.1) is 16.4 Å². The van der Waals surface area contributed by atoms with E-state index in [1.54, 1.807) is 28.8 Å². The average Bonchev–Trinajstić information content (AvgIpc) is 3.36. The van der Waals surface area contributed by atoms with Crippen molar-refractivity contribution >= 4 is 57.3 Å². The number of fused-ring (bicyclic) bond motifs is 2. The number of nitrogens with one attached hydrogen (secondary N) is 1. The van der Waals surface area contributed by atoms with Gasteiger partial charge in [-0.05, 0) is 37.3 Å². The Kier molecular flexibility index (Phi) is 4.16. The molecule has 0 radical (unpaired) electrons. The predicted molar refractivity (Wildman–Crippen MR) is 113 cm³/mol. The van der Waals surface area contributed by atoms with Gasteiger partial charge in [0, 0.05) is 10.9 Å². The van der Waals surface area contributed by atoms with E-state index in [0.29, 0.717) is 10.6 Å². The molecule has 148 valence electrons. The number of thiazole rings is 1. The van der Waals surface area contributed by atoms with Crippen LogP contribution in [0.3, 0.4) is 0 Å². The molecule has 2 aromatic heterocycles. The van der Waals surface area contributed by atoms with Crippen molar-refractivity contribution in [1.82, 2.24) is 14.6 Å². The SMILES string of the molecule is Cc1csc2nc(NC(=O)c3ccc4c(c3)C(=O)N(c3ccccc3Cl)C4=O)nn12. The van der Waals surface area contributed by atoms with E-state index < -0.39 is 17.7 Å². The summed E-state index contributed by atoms with van der Waals surface area (Å²) in [6, 6.07) is 10.9. The molecule has 0 aliphatic carbocycles. The first-order valence-electron chi connectivity index (χ1n) is 8.83. The van der Waals surface area contributed by atoms with Gasteiger partial charge in [0.25, 0.3) is 23.7 Å². The molecule has 0 saturated carbocycles. The smallest absolute Gasteiger partial charge is 0.266 e. The molecule has 1 N–H and O–H groups in total. The molecule has 1 aliphatic rings. The number of aromatic nitrogens is 3. The monoisotopic (exact) mass is 437 g/mol. The van der Waals surface area contributed by atoms with Crippen LogP contribution < -0.4 is 10.2 Å². The Bertz CT molecular complexity index is 1380. The summed E-state index contributed by atoms with van der Waals surface area (Å²) >= 11 is 7.57. The Morgan fingerprint density at radius 3 is 2.63 bits per heavy atom. The number of hydrogen-bond donors (Lipinski definition) is 1. The lowest BCUT2D eigenvalue weighted by Crippen LogP contribution is -2.29. The number of rotatable bonds is 3. The van der Waals surface area contributed by atoms with E-state index in [9.17, 15) is 14.4 Å². The van der Waals surface area contributed by atoms with Crippen LogP contribution in [0.2, 0.25) is 5.02 Å². The van der Waals surface area contributed by atoms with E-state index >= 15 is 0 Å². The predicted octanol–water partition coefficient (Wildman–Crippen LogP) is 3.81. The minimum atomic E-state index is -0.533. The largest absolute Gasteiger partial charge is 0.289 e. The van der Waals surface area contributed by atoms with Crippen molar-refractivity contribution in [1.29, 1.82) is 0 Å². The van der Waals surface area contributed by atoms with Crippen LogP contribution in [0.5, 0.6) is 0 Å². The highest BCUT2D eigenvalue weighted by Gasteiger charge is 2.38. The zero-order chi connectivity index (χ0) is 21.0. The summed E-state index contributed by atoms with van der Waals surface area (Å²) in [5.41, 5.74) is 1.78. The normalized spacial score (nSPS) is 13.2. The van der Waals surface area contributed by atoms with Crippen molar-refractivity contribution in [2.24, 2.45) is 0 Å². The second-order valence-corrected chi connectivity index (χ2v) is 7.86. The molecule has 30 heavy (non-hydrogen) atoms. The van der Waals surface area contributed by atoms with Gasteiger partial charge in [-0.1, -0.05) is 23.7 Å². The second-order valence-electron chi connectivity index (χ2n) is 6.62. The highest BCUT2D eigenvalue weighted by molar-refractivity contribution is 7.15. The van der Waals surface area contributed by atoms with Gasteiger partial charge in [-0.3, -0.25) is 19.7 Å². The first kappa shape index (κ1) is 18.5. The Hall–Kier alpha value is -3.56. The fourth-order valence-corrected chi connectivity index (χ4v) is 4.27. The maximum absolute atomic E-state index is 12.9. The van der Waals surface area contributed by atoms with Gasteiger partial charge in [0.1, 0.15) is 0 Å². The number of carbonyl (C=O) groups is 3. The van der Waals surface area contributed by atoms with Gasteiger partial charge in [0.05, 0.1) is 27.5 Å². The van der Waals surface area contributed by atoms with Crippen LogP contribution in [0.25, 0.3) is 4.96 Å². The van der Waals surface area contributed by atoms with Gasteiger partial charge in [-0.25, -0.2) is 9.42 Å². The van der Waals surface area contributed by atoms with Crippen LogP contribution in [0.1, 0.15) is 36.8 Å². The Morgan fingerprint density at radius 1 is 1.10 bits per heavy atom. The van der Waals surface area contributed by atoms with Crippen molar-refractivity contribution in [3.05, 3.63) is 75.3 Å². The molecule has 0 unspecified atom stereocenters. The van der Waals surface area contributed by atoms with Crippen molar-refractivity contribution in [3.8, 4) is 0 Å². The van der Waals surface area contributed by atoms with Crippen LogP contribution in [-0.4, -0.2) is 32.3 Å². The van der Waals surface area contributed by atoms with E-state index in [1.807, 2.05) is 12.3 Å². The molecule has 4 aromatic rings. The number of benzene rings is 2. The summed E-state index contributed by atoms with van der Waals surface area (Å²) in [6.45, 7) is 1.89. The van der Waals surface area contributed by atoms with Gasteiger partial charge in [-0.2, -0.15) is 4.98 Å². The number of hydrogen-bond acceptors (Lipinski definition) is 6. The number of halogens is 1. The fourth-order valence-electron chi connectivity index (χ4n) is 3.25. The molecule has 2 aromatic carbocycles. The molecule has 5 rings (SSSR count). The second kappa shape index (κ2) is 6.75. The minimum Gasteiger partial charge on any atom is -0.289 e. The molecule has 3 amide bonds. The van der Waals surface area contributed by atoms with Crippen LogP contribution in [-0.2, 0) is 0 Å². The van der Waals surface area contributed by atoms with E-state index in [0.717, 1.165) is 10.6 Å². The van der Waals surface area contributed by atoms with Crippen molar-refractivity contribution < 1.29 is 14.4 Å². The first-order valence-corrected chi connectivity index (χ1v) is 10.1. The Morgan fingerprint density at radius 2 is 1.87 bits per heavy atom. The number of carbonyl (C=O) groups excluding carboxylic acids is 3. The average molecular weight is 438 g/mol. The third-order valence-corrected chi connectivity index (χ3v) is 5.97. The van der Waals surface area contributed by atoms with Crippen LogP contribution >= 0.6 is 22.9 Å². The lowest BCUT2D eigenvalue weighted by molar-refractivity contribution is 0.0925. The number of nitrogens with zero attached hydrogens (tertiary/aromatic N) is 4. The third kappa shape index (κ3) is 2.78. The zero-order valence-corrected chi connectivity index (χ0v) is 17.0. The highest BCUT2D eigenvalue weighted by Crippen LogP contribution is 2.33. The molecule has 8 nitrogen and oxygen atoms in total. The standard InChI is InChI=1S/C20H12ClN5O3S/c1-10-9-30-20-23-19(24-26(10)20)22-16(27)11-6-7-12-13(8-11)18(29)25(17(12)28)15-5-3-2-4-14(15)21/h2-9H,1H3,(H,22,24,27). The van der Waals surface area contributed by atoms with Gasteiger partial charge in [0.2, 0.25) is 4.96 Å². The molecule has 0 fully saturated rings. The Balaban J connectivity index is 1.45. The van der Waals surface area contributed by atoms with Crippen LogP contribution in [0, 0.1) is 6.92 Å². The summed E-state index contributed by atoms with van der Waals surface area (Å²) in [5, 5.41) is 9.06. The van der Waals surface area contributed by atoms with Crippen LogP contribution in [0.4, 0.5) is 11.6 Å². The summed E-state index contributed by atoms with van der Waals surface area (Å²) in [4.78, 5) is 44.3. The third-order valence-electron chi connectivity index (χ3n) is 4.71. The zero-order valence-electron chi connectivity index (χ0n) is 15.4. The number of amides is 3. The Labute approximate surface area is 178 Å². The topological polar surface area (TPSA) is 96.7 Å². The lowest BCUT2D eigenvalue weighted by Gasteiger charge is -2.15. The maximum Gasteiger partial charge on any atom is 0.266 e. The number of anilines is 2. The molecule has 0 atom stereocenters. The van der Waals surface area contributed by atoms with E-state index in [1.165, 1.54) is 29.5 Å². The first-order chi connectivity index (χ1) is 14.4. The molecule has 10 heteroatoms. The molecule has 0 saturated heterocycles. The van der Waals surface area contributed by atoms with Crippen molar-refractivity contribution in [3.63, 3.8) is 0 Å². The fraction of sp³-hybridized carbons (Fsp3) is 0.0500. The minimum absolute atomic E-state index is 0.141. The number of para-hydroxylation sites is 1. The molecular formula is C20H12ClN5O3S. The van der Waals surface area contributed by atoms with Crippen molar-refractivity contribution in [2.45, 2.75) is 6.92 Å². The summed E-state index contributed by atoms with van der Waals surface area (Å²) < 4.78 is 1.63. The number of imide groups is 1.